The molecule has 1 aromatic heterocycles. The van der Waals surface area contributed by atoms with E-state index in [0.717, 1.165) is 5.69 Å². The molecule has 6 nitrogen and oxygen atoms in total. The van der Waals surface area contributed by atoms with Crippen LogP contribution in [0.3, 0.4) is 0 Å². The lowest BCUT2D eigenvalue weighted by Crippen LogP contribution is -2.33. The molecular weight excluding hydrogens is 336 g/mol. The summed E-state index contributed by atoms with van der Waals surface area (Å²) in [7, 11) is -1.08. The van der Waals surface area contributed by atoms with Crippen molar-refractivity contribution in [3.05, 3.63) is 42.1 Å². The SMILES string of the molecule is CC(C)c1ccc(Nc2ccnc(N(C)C3CCS(=O)(=O)C3)n2)cc1. The van der Waals surface area contributed by atoms with Gasteiger partial charge in [0, 0.05) is 25.0 Å². The molecule has 1 aromatic carbocycles. The maximum Gasteiger partial charge on any atom is 0.227 e. The van der Waals surface area contributed by atoms with Gasteiger partial charge in [0.25, 0.3) is 0 Å². The van der Waals surface area contributed by atoms with Crippen molar-refractivity contribution in [2.45, 2.75) is 32.2 Å². The monoisotopic (exact) mass is 360 g/mol. The van der Waals surface area contributed by atoms with Crippen LogP contribution in [0.15, 0.2) is 36.5 Å². The first kappa shape index (κ1) is 17.7. The zero-order valence-electron chi connectivity index (χ0n) is 14.8. The van der Waals surface area contributed by atoms with Gasteiger partial charge in [-0.1, -0.05) is 26.0 Å². The highest BCUT2D eigenvalue weighted by Gasteiger charge is 2.31. The van der Waals surface area contributed by atoms with Gasteiger partial charge in [0.05, 0.1) is 11.5 Å². The summed E-state index contributed by atoms with van der Waals surface area (Å²) in [5.74, 6) is 2.13. The van der Waals surface area contributed by atoms with Crippen molar-refractivity contribution in [2.24, 2.45) is 0 Å². The highest BCUT2D eigenvalue weighted by molar-refractivity contribution is 7.91. The summed E-state index contributed by atoms with van der Waals surface area (Å²) in [5.41, 5.74) is 2.25. The molecule has 0 saturated carbocycles. The lowest BCUT2D eigenvalue weighted by atomic mass is 10.0. The number of anilines is 3. The van der Waals surface area contributed by atoms with Gasteiger partial charge < -0.3 is 10.2 Å². The van der Waals surface area contributed by atoms with Crippen molar-refractivity contribution in [2.75, 3.05) is 28.8 Å². The molecular formula is C18H24N4O2S. The van der Waals surface area contributed by atoms with Crippen LogP contribution in [0.25, 0.3) is 0 Å². The van der Waals surface area contributed by atoms with Crippen molar-refractivity contribution in [1.82, 2.24) is 9.97 Å². The lowest BCUT2D eigenvalue weighted by Gasteiger charge is -2.23. The van der Waals surface area contributed by atoms with Crippen LogP contribution >= 0.6 is 0 Å². The molecule has 1 atom stereocenters. The number of rotatable bonds is 5. The Morgan fingerprint density at radius 3 is 2.52 bits per heavy atom. The van der Waals surface area contributed by atoms with Crippen molar-refractivity contribution in [3.63, 3.8) is 0 Å². The molecule has 1 fully saturated rings. The number of hydrogen-bond donors (Lipinski definition) is 1. The van der Waals surface area contributed by atoms with Crippen LogP contribution in [0.1, 0.15) is 31.7 Å². The fourth-order valence-corrected chi connectivity index (χ4v) is 4.71. The zero-order chi connectivity index (χ0) is 18.0. The number of hydrogen-bond acceptors (Lipinski definition) is 6. The molecule has 1 unspecified atom stereocenters. The van der Waals surface area contributed by atoms with E-state index in [9.17, 15) is 8.42 Å². The fourth-order valence-electron chi connectivity index (χ4n) is 2.93. The molecule has 1 aliphatic rings. The average molecular weight is 360 g/mol. The van der Waals surface area contributed by atoms with Crippen LogP contribution < -0.4 is 10.2 Å². The predicted molar refractivity (Wildman–Crippen MR) is 101 cm³/mol. The van der Waals surface area contributed by atoms with Crippen LogP contribution in [0.5, 0.6) is 0 Å². The molecule has 1 saturated heterocycles. The van der Waals surface area contributed by atoms with Gasteiger partial charge in [0.15, 0.2) is 9.84 Å². The highest BCUT2D eigenvalue weighted by atomic mass is 32.2. The Kier molecular flexibility index (Phi) is 4.94. The normalized spacial score (nSPS) is 19.1. The maximum absolute atomic E-state index is 11.7. The second-order valence-corrected chi connectivity index (χ2v) is 9.04. The zero-order valence-corrected chi connectivity index (χ0v) is 15.6. The van der Waals surface area contributed by atoms with Gasteiger partial charge in [-0.2, -0.15) is 4.98 Å². The number of benzene rings is 1. The summed E-state index contributed by atoms with van der Waals surface area (Å²) in [4.78, 5) is 10.7. The molecule has 2 heterocycles. The molecule has 134 valence electrons. The Labute approximate surface area is 149 Å². The Hall–Kier alpha value is -2.15. The minimum atomic E-state index is -2.93. The van der Waals surface area contributed by atoms with E-state index < -0.39 is 9.84 Å². The topological polar surface area (TPSA) is 75.2 Å². The molecule has 0 spiro atoms. The molecule has 7 heteroatoms. The largest absolute Gasteiger partial charge is 0.340 e. The molecule has 2 aromatic rings. The minimum Gasteiger partial charge on any atom is -0.340 e. The van der Waals surface area contributed by atoms with Crippen molar-refractivity contribution in [1.29, 1.82) is 0 Å². The summed E-state index contributed by atoms with van der Waals surface area (Å²) in [5, 5.41) is 3.28. The third-order valence-corrected chi connectivity index (χ3v) is 6.31. The van der Waals surface area contributed by atoms with E-state index in [1.807, 2.05) is 24.1 Å². The highest BCUT2D eigenvalue weighted by Crippen LogP contribution is 2.23. The molecule has 0 amide bonds. The van der Waals surface area contributed by atoms with Gasteiger partial charge in [-0.05, 0) is 36.1 Å². The van der Waals surface area contributed by atoms with E-state index in [4.69, 9.17) is 0 Å². The summed E-state index contributed by atoms with van der Waals surface area (Å²) >= 11 is 0. The van der Waals surface area contributed by atoms with Crippen LogP contribution in [-0.4, -0.2) is 43.0 Å². The average Bonchev–Trinajstić information content (AvgIpc) is 2.95. The predicted octanol–water partition coefficient (Wildman–Crippen LogP) is 2.97. The van der Waals surface area contributed by atoms with Gasteiger partial charge >= 0.3 is 0 Å². The van der Waals surface area contributed by atoms with E-state index in [1.165, 1.54) is 5.56 Å². The van der Waals surface area contributed by atoms with E-state index in [1.54, 1.807) is 12.3 Å². The Balaban J connectivity index is 1.73. The number of aromatic nitrogens is 2. The second kappa shape index (κ2) is 7.00. The van der Waals surface area contributed by atoms with E-state index in [2.05, 4.69) is 41.3 Å². The van der Waals surface area contributed by atoms with Gasteiger partial charge in [-0.15, -0.1) is 0 Å². The second-order valence-electron chi connectivity index (χ2n) is 6.81. The smallest absolute Gasteiger partial charge is 0.227 e. The maximum atomic E-state index is 11.7. The number of sulfone groups is 1. The van der Waals surface area contributed by atoms with Crippen LogP contribution in [0, 0.1) is 0 Å². The summed E-state index contributed by atoms with van der Waals surface area (Å²) in [6.45, 7) is 4.33. The molecule has 25 heavy (non-hydrogen) atoms. The van der Waals surface area contributed by atoms with Gasteiger partial charge in [-0.25, -0.2) is 13.4 Å². The summed E-state index contributed by atoms with van der Waals surface area (Å²) in [6, 6.07) is 10.0. The van der Waals surface area contributed by atoms with E-state index >= 15 is 0 Å². The third-order valence-electron chi connectivity index (χ3n) is 4.56. The fraction of sp³-hybridized carbons (Fsp3) is 0.444. The first-order valence-corrected chi connectivity index (χ1v) is 10.3. The standard InChI is InChI=1S/C18H24N4O2S/c1-13(2)14-4-6-15(7-5-14)20-17-8-10-19-18(21-17)22(3)16-9-11-25(23,24)12-16/h4-8,10,13,16H,9,11-12H2,1-3H3,(H,19,20,21). The summed E-state index contributed by atoms with van der Waals surface area (Å²) < 4.78 is 23.4. The molecule has 0 aliphatic carbocycles. The van der Waals surface area contributed by atoms with Crippen molar-refractivity contribution >= 4 is 27.3 Å². The molecule has 3 rings (SSSR count). The van der Waals surface area contributed by atoms with Crippen LogP contribution in [0.2, 0.25) is 0 Å². The quantitative estimate of drug-likeness (QED) is 0.883. The first-order valence-electron chi connectivity index (χ1n) is 8.47. The minimum absolute atomic E-state index is 0.0643. The van der Waals surface area contributed by atoms with Crippen molar-refractivity contribution in [3.8, 4) is 0 Å². The number of nitrogens with zero attached hydrogens (tertiary/aromatic N) is 3. The Morgan fingerprint density at radius 2 is 1.92 bits per heavy atom. The van der Waals surface area contributed by atoms with E-state index in [0.29, 0.717) is 24.1 Å². The van der Waals surface area contributed by atoms with E-state index in [-0.39, 0.29) is 17.5 Å². The Bertz CT molecular complexity index is 834. The van der Waals surface area contributed by atoms with Crippen molar-refractivity contribution < 1.29 is 8.42 Å². The Morgan fingerprint density at radius 1 is 1.20 bits per heavy atom. The molecule has 1 N–H and O–H groups in total. The lowest BCUT2D eigenvalue weighted by molar-refractivity contribution is 0.600. The van der Waals surface area contributed by atoms with Gasteiger partial charge in [0.2, 0.25) is 5.95 Å². The third kappa shape index (κ3) is 4.28. The molecule has 1 aliphatic heterocycles. The van der Waals surface area contributed by atoms with Crippen LogP contribution in [0.4, 0.5) is 17.5 Å². The van der Waals surface area contributed by atoms with Gasteiger partial charge in [0.1, 0.15) is 5.82 Å². The van der Waals surface area contributed by atoms with Gasteiger partial charge in [-0.3, -0.25) is 0 Å². The van der Waals surface area contributed by atoms with Crippen LogP contribution in [-0.2, 0) is 9.84 Å². The first-order chi connectivity index (χ1) is 11.8. The summed E-state index contributed by atoms with van der Waals surface area (Å²) in [6.07, 6.45) is 2.31. The number of nitrogens with one attached hydrogen (secondary N) is 1. The molecule has 0 radical (unpaired) electrons. The molecule has 0 bridgehead atoms.